The number of nitrogens with zero attached hydrogens (tertiary/aromatic N) is 5. The van der Waals surface area contributed by atoms with E-state index in [1.165, 1.54) is 18.6 Å². The number of aromatic nitrogens is 4. The first kappa shape index (κ1) is 25.4. The van der Waals surface area contributed by atoms with Crippen molar-refractivity contribution in [2.75, 3.05) is 13.2 Å². The monoisotopic (exact) mass is 507 g/mol. The predicted octanol–water partition coefficient (Wildman–Crippen LogP) is 4.83. The Bertz CT molecular complexity index is 1220. The average molecular weight is 507 g/mol. The maximum atomic E-state index is 14.6. The van der Waals surface area contributed by atoms with Crippen LogP contribution in [0.4, 0.5) is 22.0 Å². The molecular weight excluding hydrogens is 485 g/mol. The lowest BCUT2D eigenvalue weighted by Crippen LogP contribution is -2.57. The molecule has 1 saturated heterocycles. The van der Waals surface area contributed by atoms with Crippen LogP contribution in [0.2, 0.25) is 0 Å². The minimum absolute atomic E-state index is 0.0799. The third-order valence-electron chi connectivity index (χ3n) is 5.96. The predicted molar refractivity (Wildman–Crippen MR) is 118 cm³/mol. The van der Waals surface area contributed by atoms with Crippen LogP contribution in [0.25, 0.3) is 11.4 Å². The van der Waals surface area contributed by atoms with E-state index in [-0.39, 0.29) is 24.0 Å². The van der Waals surface area contributed by atoms with Gasteiger partial charge in [-0.2, -0.15) is 13.2 Å². The van der Waals surface area contributed by atoms with Gasteiger partial charge in [0, 0.05) is 37.3 Å². The molecule has 0 spiro atoms. The van der Waals surface area contributed by atoms with Crippen LogP contribution in [0.15, 0.2) is 49.1 Å². The number of hydrogen-bond donors (Lipinski definition) is 0. The zero-order valence-corrected chi connectivity index (χ0v) is 19.3. The molecule has 0 N–H and O–H groups in total. The molecule has 2 atom stereocenters. The van der Waals surface area contributed by atoms with Crippen molar-refractivity contribution in [1.29, 1.82) is 0 Å². The lowest BCUT2D eigenvalue weighted by molar-refractivity contribution is -0.137. The van der Waals surface area contributed by atoms with Gasteiger partial charge in [0.05, 0.1) is 23.7 Å². The molecule has 0 aliphatic carbocycles. The van der Waals surface area contributed by atoms with Crippen LogP contribution in [0.3, 0.4) is 0 Å². The van der Waals surface area contributed by atoms with Crippen LogP contribution in [-0.4, -0.2) is 55.9 Å². The van der Waals surface area contributed by atoms with Gasteiger partial charge in [0.2, 0.25) is 5.88 Å². The van der Waals surface area contributed by atoms with Crippen LogP contribution >= 0.6 is 0 Å². The van der Waals surface area contributed by atoms with E-state index < -0.39 is 48.5 Å². The van der Waals surface area contributed by atoms with Crippen LogP contribution in [0.5, 0.6) is 5.88 Å². The Hall–Kier alpha value is -3.70. The third-order valence-corrected chi connectivity index (χ3v) is 5.96. The number of piperidine rings is 1. The molecule has 3 aromatic rings. The van der Waals surface area contributed by atoms with Crippen LogP contribution in [0.1, 0.15) is 35.0 Å². The highest BCUT2D eigenvalue weighted by Crippen LogP contribution is 2.36. The number of hydrogen-bond acceptors (Lipinski definition) is 6. The molecule has 1 fully saturated rings. The number of ether oxygens (including phenoxy) is 1. The number of halogens is 5. The molecule has 1 amide bonds. The van der Waals surface area contributed by atoms with E-state index >= 15 is 0 Å². The largest absolute Gasteiger partial charge is 0.475 e. The molecule has 190 valence electrons. The van der Waals surface area contributed by atoms with Crippen molar-refractivity contribution in [3.63, 3.8) is 0 Å². The van der Waals surface area contributed by atoms with Crippen molar-refractivity contribution >= 4 is 5.91 Å². The molecule has 0 bridgehead atoms. The Balaban J connectivity index is 1.63. The Morgan fingerprint density at radius 1 is 1.11 bits per heavy atom. The van der Waals surface area contributed by atoms with Crippen LogP contribution < -0.4 is 4.74 Å². The number of alkyl halides is 5. The molecule has 0 aromatic carbocycles. The second-order valence-corrected chi connectivity index (χ2v) is 8.66. The smallest absolute Gasteiger partial charge is 0.417 e. The summed E-state index contributed by atoms with van der Waals surface area (Å²) in [6.07, 6.45) is -0.0281. The molecule has 4 rings (SSSR count). The summed E-state index contributed by atoms with van der Waals surface area (Å²) in [7, 11) is 0. The highest BCUT2D eigenvalue weighted by molar-refractivity contribution is 5.99. The summed E-state index contributed by atoms with van der Waals surface area (Å²) in [5, 5.41) is 0. The van der Waals surface area contributed by atoms with Crippen molar-refractivity contribution in [1.82, 2.24) is 24.8 Å². The summed E-state index contributed by atoms with van der Waals surface area (Å²) >= 11 is 0. The molecule has 7 nitrogen and oxygen atoms in total. The molecule has 3 aromatic heterocycles. The molecule has 12 heteroatoms. The van der Waals surface area contributed by atoms with Gasteiger partial charge < -0.3 is 9.64 Å². The number of pyridine rings is 2. The van der Waals surface area contributed by atoms with E-state index in [0.29, 0.717) is 17.3 Å². The lowest BCUT2D eigenvalue weighted by Gasteiger charge is -2.43. The molecule has 0 saturated carbocycles. The number of carbonyl (C=O) groups is 1. The summed E-state index contributed by atoms with van der Waals surface area (Å²) in [5.41, 5.74) is -0.0610. The molecule has 1 aliphatic heterocycles. The van der Waals surface area contributed by atoms with Crippen molar-refractivity contribution in [3.05, 3.63) is 65.9 Å². The summed E-state index contributed by atoms with van der Waals surface area (Å²) < 4.78 is 73.1. The van der Waals surface area contributed by atoms with Gasteiger partial charge >= 0.3 is 6.18 Å². The zero-order valence-electron chi connectivity index (χ0n) is 19.3. The Labute approximate surface area is 203 Å². The normalized spacial score (nSPS) is 19.7. The van der Waals surface area contributed by atoms with E-state index in [9.17, 15) is 26.7 Å². The summed E-state index contributed by atoms with van der Waals surface area (Å²) in [4.78, 5) is 30.8. The Kier molecular flexibility index (Phi) is 6.87. The van der Waals surface area contributed by atoms with E-state index in [4.69, 9.17) is 4.74 Å². The second-order valence-electron chi connectivity index (χ2n) is 8.66. The Morgan fingerprint density at radius 3 is 2.47 bits per heavy atom. The van der Waals surface area contributed by atoms with Crippen molar-refractivity contribution in [2.45, 2.75) is 38.4 Å². The van der Waals surface area contributed by atoms with Gasteiger partial charge in [0.15, 0.2) is 5.82 Å². The minimum atomic E-state index is -4.56. The molecule has 0 unspecified atom stereocenters. The van der Waals surface area contributed by atoms with Crippen molar-refractivity contribution in [2.24, 2.45) is 5.92 Å². The standard InChI is InChI=1S/C24H22F5N5O2/c1-14-6-9-30-20(19(14)21-31-7-3-8-32-21)22(35)34-13-23(25,26)10-15(2)17(34)12-36-18-5-4-16(11-33-18)24(27,28)29/h3-9,11,15,17H,10,12-13H2,1-2H3/t15-,17-/m1/s1. The molecular formula is C24H22F5N5O2. The molecule has 0 radical (unpaired) electrons. The summed E-state index contributed by atoms with van der Waals surface area (Å²) in [5.74, 6) is -4.47. The topological polar surface area (TPSA) is 81.1 Å². The number of amides is 1. The van der Waals surface area contributed by atoms with Crippen molar-refractivity contribution < 1.29 is 31.5 Å². The van der Waals surface area contributed by atoms with E-state index in [1.54, 1.807) is 26.0 Å². The summed E-state index contributed by atoms with van der Waals surface area (Å²) in [6.45, 7) is 2.18. The van der Waals surface area contributed by atoms with Crippen molar-refractivity contribution in [3.8, 4) is 17.3 Å². The molecule has 36 heavy (non-hydrogen) atoms. The maximum Gasteiger partial charge on any atom is 0.417 e. The average Bonchev–Trinajstić information content (AvgIpc) is 2.82. The van der Waals surface area contributed by atoms with Crippen LogP contribution in [0, 0.1) is 12.8 Å². The number of carbonyl (C=O) groups excluding carboxylic acids is 1. The first-order chi connectivity index (χ1) is 17.0. The lowest BCUT2D eigenvalue weighted by atomic mass is 9.88. The summed E-state index contributed by atoms with van der Waals surface area (Å²) in [6, 6.07) is 4.31. The third kappa shape index (κ3) is 5.42. The fraction of sp³-hybridized carbons (Fsp3) is 0.375. The van der Waals surface area contributed by atoms with Gasteiger partial charge in [0.25, 0.3) is 11.8 Å². The fourth-order valence-electron chi connectivity index (χ4n) is 4.19. The first-order valence-corrected chi connectivity index (χ1v) is 11.0. The van der Waals surface area contributed by atoms with Gasteiger partial charge in [-0.15, -0.1) is 0 Å². The highest BCUT2D eigenvalue weighted by Gasteiger charge is 2.47. The van der Waals surface area contributed by atoms with E-state index in [1.807, 2.05) is 0 Å². The quantitative estimate of drug-likeness (QED) is 0.461. The fourth-order valence-corrected chi connectivity index (χ4v) is 4.19. The maximum absolute atomic E-state index is 14.6. The minimum Gasteiger partial charge on any atom is -0.475 e. The van der Waals surface area contributed by atoms with Crippen LogP contribution in [-0.2, 0) is 6.18 Å². The van der Waals surface area contributed by atoms with Gasteiger partial charge in [-0.3, -0.25) is 9.78 Å². The Morgan fingerprint density at radius 2 is 1.83 bits per heavy atom. The first-order valence-electron chi connectivity index (χ1n) is 11.0. The van der Waals surface area contributed by atoms with Gasteiger partial charge in [0.1, 0.15) is 12.3 Å². The molecule has 4 heterocycles. The SMILES string of the molecule is Cc1ccnc(C(=O)N2CC(F)(F)C[C@@H](C)[C@H]2COc2ccc(C(F)(F)F)cn2)c1-c1ncccn1. The van der Waals surface area contributed by atoms with E-state index in [2.05, 4.69) is 19.9 Å². The zero-order chi connectivity index (χ0) is 26.1. The highest BCUT2D eigenvalue weighted by atomic mass is 19.4. The van der Waals surface area contributed by atoms with E-state index in [0.717, 1.165) is 17.0 Å². The number of aryl methyl sites for hydroxylation is 1. The second kappa shape index (κ2) is 9.75. The molecule has 1 aliphatic rings. The number of rotatable bonds is 5. The van der Waals surface area contributed by atoms with Gasteiger partial charge in [-0.25, -0.2) is 23.7 Å². The van der Waals surface area contributed by atoms with Gasteiger partial charge in [-0.1, -0.05) is 6.92 Å². The van der Waals surface area contributed by atoms with Gasteiger partial charge in [-0.05, 0) is 36.6 Å². The number of likely N-dealkylation sites (tertiary alicyclic amines) is 1.